The first-order valence-electron chi connectivity index (χ1n) is 8.98. The van der Waals surface area contributed by atoms with Crippen LogP contribution in [0.5, 0.6) is 5.75 Å². The summed E-state index contributed by atoms with van der Waals surface area (Å²) in [6, 6.07) is 6.21. The van der Waals surface area contributed by atoms with Gasteiger partial charge in [0.25, 0.3) is 15.6 Å². The minimum atomic E-state index is -4.05. The maximum atomic E-state index is 13.2. The Morgan fingerprint density at radius 1 is 1.28 bits per heavy atom. The van der Waals surface area contributed by atoms with Crippen molar-refractivity contribution in [2.24, 2.45) is 4.40 Å². The Hall–Kier alpha value is -3.40. The summed E-state index contributed by atoms with van der Waals surface area (Å²) in [7, 11) is -4.05. The molecule has 1 aliphatic rings. The number of aryl methyl sites for hydroxylation is 2. The zero-order chi connectivity index (χ0) is 20.9. The number of aromatic hydroxyl groups is 1. The fourth-order valence-electron chi connectivity index (χ4n) is 3.37. The molecule has 9 nitrogen and oxygen atoms in total. The molecule has 1 aromatic carbocycles. The van der Waals surface area contributed by atoms with Crippen molar-refractivity contribution in [2.45, 2.75) is 31.7 Å². The van der Waals surface area contributed by atoms with Crippen LogP contribution in [0.4, 0.5) is 11.4 Å². The highest BCUT2D eigenvalue weighted by Crippen LogP contribution is 2.35. The number of nitrogens with zero attached hydrogens (tertiary/aromatic N) is 3. The van der Waals surface area contributed by atoms with E-state index in [-0.39, 0.29) is 38.7 Å². The number of benzene rings is 1. The summed E-state index contributed by atoms with van der Waals surface area (Å²) in [5.41, 5.74) is 6.70. The lowest BCUT2D eigenvalue weighted by Gasteiger charge is -2.20. The first-order chi connectivity index (χ1) is 13.8. The molecule has 150 valence electrons. The Morgan fingerprint density at radius 3 is 2.72 bits per heavy atom. The largest absolute Gasteiger partial charge is 0.506 e. The molecule has 0 spiro atoms. The predicted octanol–water partition coefficient (Wildman–Crippen LogP) is 1.96. The van der Waals surface area contributed by atoms with Gasteiger partial charge in [0.1, 0.15) is 21.9 Å². The highest BCUT2D eigenvalue weighted by molar-refractivity contribution is 7.90. The predicted molar refractivity (Wildman–Crippen MR) is 111 cm³/mol. The second-order valence-corrected chi connectivity index (χ2v) is 8.34. The zero-order valence-corrected chi connectivity index (χ0v) is 16.6. The van der Waals surface area contributed by atoms with Crippen LogP contribution in [0.3, 0.4) is 0 Å². The van der Waals surface area contributed by atoms with Crippen LogP contribution in [0.1, 0.15) is 24.5 Å². The molecule has 0 atom stereocenters. The molecule has 2 aromatic heterocycles. The Balaban J connectivity index is 2.09. The minimum Gasteiger partial charge on any atom is -0.506 e. The van der Waals surface area contributed by atoms with Crippen LogP contribution in [0, 0.1) is 6.92 Å². The summed E-state index contributed by atoms with van der Waals surface area (Å²) in [5.74, 6) is -0.703. The number of pyridine rings is 2. The number of anilines is 2. The van der Waals surface area contributed by atoms with Crippen LogP contribution in [-0.4, -0.2) is 28.9 Å². The van der Waals surface area contributed by atoms with Crippen LogP contribution in [-0.2, 0) is 16.6 Å². The molecule has 0 aliphatic carbocycles. The Kier molecular flexibility index (Phi) is 4.30. The van der Waals surface area contributed by atoms with Crippen molar-refractivity contribution in [1.82, 2.24) is 9.55 Å². The number of amidine groups is 1. The molecule has 0 saturated heterocycles. The number of nitrogens with one attached hydrogen (secondary N) is 1. The van der Waals surface area contributed by atoms with Gasteiger partial charge in [-0.3, -0.25) is 9.36 Å². The number of sulfonamides is 1. The van der Waals surface area contributed by atoms with Crippen molar-refractivity contribution >= 4 is 38.3 Å². The molecule has 1 aliphatic heterocycles. The van der Waals surface area contributed by atoms with Gasteiger partial charge < -0.3 is 16.2 Å². The molecule has 4 N–H and O–H groups in total. The molecule has 3 heterocycles. The summed E-state index contributed by atoms with van der Waals surface area (Å²) in [5, 5.41) is 14.0. The van der Waals surface area contributed by atoms with Gasteiger partial charge in [0, 0.05) is 12.7 Å². The number of aromatic nitrogens is 2. The minimum absolute atomic E-state index is 0.00469. The van der Waals surface area contributed by atoms with E-state index in [1.54, 1.807) is 25.1 Å². The average molecular weight is 413 g/mol. The molecule has 0 unspecified atom stereocenters. The zero-order valence-electron chi connectivity index (χ0n) is 15.8. The third-order valence-corrected chi connectivity index (χ3v) is 6.13. The average Bonchev–Trinajstić information content (AvgIpc) is 2.67. The van der Waals surface area contributed by atoms with Gasteiger partial charge in [0.15, 0.2) is 5.84 Å². The second-order valence-electron chi connectivity index (χ2n) is 6.77. The summed E-state index contributed by atoms with van der Waals surface area (Å²) in [6.07, 6.45) is 2.15. The smallest absolute Gasteiger partial charge is 0.286 e. The van der Waals surface area contributed by atoms with Gasteiger partial charge in [0.2, 0.25) is 0 Å². The molecule has 10 heteroatoms. The third-order valence-electron chi connectivity index (χ3n) is 4.80. The molecule has 29 heavy (non-hydrogen) atoms. The summed E-state index contributed by atoms with van der Waals surface area (Å²) in [6.45, 7) is 3.93. The van der Waals surface area contributed by atoms with Gasteiger partial charge >= 0.3 is 0 Å². The van der Waals surface area contributed by atoms with E-state index in [0.717, 1.165) is 0 Å². The lowest BCUT2D eigenvalue weighted by molar-refractivity contribution is 0.477. The number of nitrogens with two attached hydrogens (primary N) is 1. The maximum absolute atomic E-state index is 13.2. The lowest BCUT2D eigenvalue weighted by atomic mass is 10.1. The van der Waals surface area contributed by atoms with Gasteiger partial charge in [-0.1, -0.05) is 19.1 Å². The molecule has 3 aromatic rings. The molecular formula is C19H19N5O4S. The monoisotopic (exact) mass is 413 g/mol. The number of hydrogen-bond donors (Lipinski definition) is 3. The van der Waals surface area contributed by atoms with Gasteiger partial charge in [-0.2, -0.15) is 8.42 Å². The topological polar surface area (TPSA) is 140 Å². The Labute approximate surface area is 166 Å². The van der Waals surface area contributed by atoms with E-state index in [2.05, 4.69) is 14.7 Å². The van der Waals surface area contributed by atoms with Crippen molar-refractivity contribution < 1.29 is 13.5 Å². The number of hydrogen-bond acceptors (Lipinski definition) is 7. The summed E-state index contributed by atoms with van der Waals surface area (Å²) < 4.78 is 30.4. The van der Waals surface area contributed by atoms with Gasteiger partial charge in [-0.15, -0.1) is 4.40 Å². The second kappa shape index (κ2) is 6.59. The third kappa shape index (κ3) is 2.83. The van der Waals surface area contributed by atoms with Gasteiger partial charge in [-0.25, -0.2) is 4.98 Å². The van der Waals surface area contributed by atoms with Crippen LogP contribution < -0.4 is 16.6 Å². The fourth-order valence-corrected chi connectivity index (χ4v) is 4.50. The normalized spacial score (nSPS) is 14.9. The van der Waals surface area contributed by atoms with Gasteiger partial charge in [-0.05, 0) is 31.0 Å². The van der Waals surface area contributed by atoms with E-state index in [9.17, 15) is 18.3 Å². The van der Waals surface area contributed by atoms with Crippen molar-refractivity contribution in [1.29, 1.82) is 0 Å². The molecule has 0 fully saturated rings. The maximum Gasteiger partial charge on any atom is 0.286 e. The van der Waals surface area contributed by atoms with E-state index in [0.29, 0.717) is 18.5 Å². The van der Waals surface area contributed by atoms with Crippen molar-refractivity contribution in [3.8, 4) is 5.75 Å². The molecular weight excluding hydrogens is 394 g/mol. The lowest BCUT2D eigenvalue weighted by Crippen LogP contribution is -2.33. The van der Waals surface area contributed by atoms with Crippen LogP contribution in [0.15, 0.2) is 44.6 Å². The SMILES string of the molecule is CCCn1c(=O)c(C2=NS(=O)(=O)c3ccccc3N2)c(O)c2c(N)c(C)cnc21. The highest BCUT2D eigenvalue weighted by atomic mass is 32.2. The Bertz CT molecular complexity index is 1360. The van der Waals surface area contributed by atoms with Crippen molar-refractivity contribution in [3.05, 3.63) is 51.9 Å². The molecule has 0 bridgehead atoms. The molecule has 0 saturated carbocycles. The highest BCUT2D eigenvalue weighted by Gasteiger charge is 2.30. The first kappa shape index (κ1) is 18.9. The summed E-state index contributed by atoms with van der Waals surface area (Å²) >= 11 is 0. The van der Waals surface area contributed by atoms with Gasteiger partial charge in [0.05, 0.1) is 16.8 Å². The van der Waals surface area contributed by atoms with Crippen LogP contribution in [0.2, 0.25) is 0 Å². The molecule has 0 amide bonds. The van der Waals surface area contributed by atoms with E-state index < -0.39 is 21.3 Å². The molecule has 0 radical (unpaired) electrons. The number of rotatable bonds is 3. The number of para-hydroxylation sites is 1. The summed E-state index contributed by atoms with van der Waals surface area (Å²) in [4.78, 5) is 17.5. The number of nitrogen functional groups attached to an aromatic ring is 1. The van der Waals surface area contributed by atoms with E-state index in [1.807, 2.05) is 6.92 Å². The standard InChI is InChI=1S/C19H19N5O4S/c1-3-8-24-18-13(15(20)10(2)9-21-18)16(25)14(19(24)26)17-22-11-6-4-5-7-12(11)29(27,28)23-17/h4-7,9,25H,3,8H2,1-2H3,(H2,20,21)(H,22,23). The quantitative estimate of drug-likeness (QED) is 0.596. The van der Waals surface area contributed by atoms with E-state index >= 15 is 0 Å². The molecule has 4 rings (SSSR count). The Morgan fingerprint density at radius 2 is 2.00 bits per heavy atom. The number of fused-ring (bicyclic) bond motifs is 2. The fraction of sp³-hybridized carbons (Fsp3) is 0.211. The van der Waals surface area contributed by atoms with Crippen molar-refractivity contribution in [2.75, 3.05) is 11.1 Å². The van der Waals surface area contributed by atoms with Crippen molar-refractivity contribution in [3.63, 3.8) is 0 Å². The van der Waals surface area contributed by atoms with Crippen LogP contribution >= 0.6 is 0 Å². The van der Waals surface area contributed by atoms with E-state index in [4.69, 9.17) is 5.73 Å². The van der Waals surface area contributed by atoms with E-state index in [1.165, 1.54) is 16.8 Å². The first-order valence-corrected chi connectivity index (χ1v) is 10.4. The van der Waals surface area contributed by atoms with Crippen LogP contribution in [0.25, 0.3) is 11.0 Å².